The predicted octanol–water partition coefficient (Wildman–Crippen LogP) is 4.52. The van der Waals surface area contributed by atoms with Crippen LogP contribution in [0.3, 0.4) is 0 Å². The first-order valence-electron chi connectivity index (χ1n) is 7.64. The Bertz CT molecular complexity index is 554. The molecule has 0 saturated heterocycles. The highest BCUT2D eigenvalue weighted by Gasteiger charge is 2.34. The van der Waals surface area contributed by atoms with Crippen molar-refractivity contribution < 1.29 is 27.1 Å². The third kappa shape index (κ3) is 4.67. The van der Waals surface area contributed by atoms with Crippen LogP contribution in [0.25, 0.3) is 0 Å². The molecule has 1 N–H and O–H groups in total. The lowest BCUT2D eigenvalue weighted by Gasteiger charge is -2.20. The molecule has 1 aliphatic carbocycles. The lowest BCUT2D eigenvalue weighted by molar-refractivity contribution is -0.140. The molecule has 128 valence electrons. The van der Waals surface area contributed by atoms with E-state index >= 15 is 0 Å². The average Bonchev–Trinajstić information content (AvgIpc) is 2.98. The SMILES string of the molecule is CCC(OC1CCCC1)C(=O)Nc1ccc(F)c(C(F)(F)F)c1. The quantitative estimate of drug-likeness (QED) is 0.805. The number of carbonyl (C=O) groups is 1. The fraction of sp³-hybridized carbons (Fsp3) is 0.562. The lowest BCUT2D eigenvalue weighted by Crippen LogP contribution is -2.33. The summed E-state index contributed by atoms with van der Waals surface area (Å²) in [5, 5.41) is 2.38. The van der Waals surface area contributed by atoms with E-state index < -0.39 is 29.6 Å². The van der Waals surface area contributed by atoms with Crippen LogP contribution in [0.1, 0.15) is 44.6 Å². The van der Waals surface area contributed by atoms with E-state index in [2.05, 4.69) is 5.32 Å². The average molecular weight is 333 g/mol. The predicted molar refractivity (Wildman–Crippen MR) is 77.5 cm³/mol. The van der Waals surface area contributed by atoms with Gasteiger partial charge >= 0.3 is 6.18 Å². The normalized spacial score (nSPS) is 17.3. The van der Waals surface area contributed by atoms with Crippen LogP contribution < -0.4 is 5.32 Å². The molecule has 1 amide bonds. The van der Waals surface area contributed by atoms with Gasteiger partial charge in [-0.25, -0.2) is 4.39 Å². The number of rotatable bonds is 5. The molecule has 0 bridgehead atoms. The molecule has 0 spiro atoms. The summed E-state index contributed by atoms with van der Waals surface area (Å²) in [6.07, 6.45) is -1.23. The van der Waals surface area contributed by atoms with Gasteiger partial charge in [0.15, 0.2) is 0 Å². The number of amides is 1. The van der Waals surface area contributed by atoms with Crippen LogP contribution in [0.5, 0.6) is 0 Å². The van der Waals surface area contributed by atoms with Crippen molar-refractivity contribution in [2.45, 2.75) is 57.4 Å². The van der Waals surface area contributed by atoms with Crippen molar-refractivity contribution in [3.8, 4) is 0 Å². The molecule has 1 fully saturated rings. The van der Waals surface area contributed by atoms with Crippen molar-refractivity contribution >= 4 is 11.6 Å². The highest BCUT2D eigenvalue weighted by molar-refractivity contribution is 5.94. The van der Waals surface area contributed by atoms with E-state index in [4.69, 9.17) is 4.74 Å². The molecule has 1 aromatic rings. The van der Waals surface area contributed by atoms with E-state index in [0.717, 1.165) is 31.7 Å². The molecule has 7 heteroatoms. The zero-order valence-corrected chi connectivity index (χ0v) is 12.8. The Labute approximate surface area is 132 Å². The highest BCUT2D eigenvalue weighted by atomic mass is 19.4. The van der Waals surface area contributed by atoms with Gasteiger partial charge in [-0.15, -0.1) is 0 Å². The van der Waals surface area contributed by atoms with Crippen LogP contribution in [-0.2, 0) is 15.7 Å². The van der Waals surface area contributed by atoms with Crippen molar-refractivity contribution in [3.63, 3.8) is 0 Å². The molecule has 1 atom stereocenters. The van der Waals surface area contributed by atoms with E-state index in [1.165, 1.54) is 0 Å². The van der Waals surface area contributed by atoms with Gasteiger partial charge in [-0.05, 0) is 37.5 Å². The maximum Gasteiger partial charge on any atom is 0.419 e. The fourth-order valence-corrected chi connectivity index (χ4v) is 2.64. The number of alkyl halides is 3. The Hall–Kier alpha value is -1.63. The van der Waals surface area contributed by atoms with Crippen molar-refractivity contribution in [2.75, 3.05) is 5.32 Å². The van der Waals surface area contributed by atoms with Gasteiger partial charge in [-0.3, -0.25) is 4.79 Å². The van der Waals surface area contributed by atoms with Gasteiger partial charge in [0, 0.05) is 5.69 Å². The number of ether oxygens (including phenoxy) is 1. The number of benzene rings is 1. The summed E-state index contributed by atoms with van der Waals surface area (Å²) in [5.41, 5.74) is -1.50. The molecule has 0 aromatic heterocycles. The summed E-state index contributed by atoms with van der Waals surface area (Å²) in [6, 6.07) is 2.39. The number of nitrogens with one attached hydrogen (secondary N) is 1. The molecular formula is C16H19F4NO2. The molecule has 1 aliphatic rings. The first kappa shape index (κ1) is 17.7. The Kier molecular flexibility index (Phi) is 5.62. The number of hydrogen-bond acceptors (Lipinski definition) is 2. The molecule has 0 heterocycles. The first-order valence-corrected chi connectivity index (χ1v) is 7.64. The van der Waals surface area contributed by atoms with Crippen LogP contribution in [-0.4, -0.2) is 18.1 Å². The van der Waals surface area contributed by atoms with Gasteiger partial charge in [-0.2, -0.15) is 13.2 Å². The fourth-order valence-electron chi connectivity index (χ4n) is 2.64. The molecule has 0 radical (unpaired) electrons. The van der Waals surface area contributed by atoms with Gasteiger partial charge in [0.05, 0.1) is 11.7 Å². The van der Waals surface area contributed by atoms with Gasteiger partial charge < -0.3 is 10.1 Å². The number of halogens is 4. The van der Waals surface area contributed by atoms with E-state index in [1.54, 1.807) is 6.92 Å². The van der Waals surface area contributed by atoms with Crippen LogP contribution in [0.15, 0.2) is 18.2 Å². The second kappa shape index (κ2) is 7.29. The lowest BCUT2D eigenvalue weighted by atomic mass is 10.1. The number of hydrogen-bond donors (Lipinski definition) is 1. The molecule has 3 nitrogen and oxygen atoms in total. The van der Waals surface area contributed by atoms with E-state index in [0.29, 0.717) is 18.6 Å². The minimum Gasteiger partial charge on any atom is -0.365 e. The highest BCUT2D eigenvalue weighted by Crippen LogP contribution is 2.33. The van der Waals surface area contributed by atoms with Gasteiger partial charge in [0.2, 0.25) is 0 Å². The molecule has 0 aliphatic heterocycles. The Morgan fingerprint density at radius 3 is 2.57 bits per heavy atom. The van der Waals surface area contributed by atoms with Gasteiger partial charge in [0.25, 0.3) is 5.91 Å². The van der Waals surface area contributed by atoms with Crippen molar-refractivity contribution in [2.24, 2.45) is 0 Å². The Morgan fingerprint density at radius 1 is 1.35 bits per heavy atom. The van der Waals surface area contributed by atoms with Gasteiger partial charge in [0.1, 0.15) is 11.9 Å². The van der Waals surface area contributed by atoms with Crippen molar-refractivity contribution in [3.05, 3.63) is 29.6 Å². The van der Waals surface area contributed by atoms with Crippen LogP contribution in [0.2, 0.25) is 0 Å². The molecule has 1 aromatic carbocycles. The summed E-state index contributed by atoms with van der Waals surface area (Å²) in [5.74, 6) is -1.89. The summed E-state index contributed by atoms with van der Waals surface area (Å²) in [4.78, 5) is 12.2. The second-order valence-corrected chi connectivity index (χ2v) is 5.62. The standard InChI is InChI=1S/C16H19F4NO2/c1-2-14(23-11-5-3-4-6-11)15(22)21-10-7-8-13(17)12(9-10)16(18,19)20/h7-9,11,14H,2-6H2,1H3,(H,21,22). The largest absolute Gasteiger partial charge is 0.419 e. The Morgan fingerprint density at radius 2 is 2.00 bits per heavy atom. The first-order chi connectivity index (χ1) is 10.8. The minimum absolute atomic E-state index is 0.0182. The zero-order chi connectivity index (χ0) is 17.0. The topological polar surface area (TPSA) is 38.3 Å². The Balaban J connectivity index is 2.06. The summed E-state index contributed by atoms with van der Waals surface area (Å²) in [6.45, 7) is 1.77. The van der Waals surface area contributed by atoms with Gasteiger partial charge in [-0.1, -0.05) is 19.8 Å². The molecule has 2 rings (SSSR count). The van der Waals surface area contributed by atoms with Crippen LogP contribution >= 0.6 is 0 Å². The zero-order valence-electron chi connectivity index (χ0n) is 12.8. The second-order valence-electron chi connectivity index (χ2n) is 5.62. The molecule has 1 saturated carbocycles. The maximum absolute atomic E-state index is 13.2. The minimum atomic E-state index is -4.81. The third-order valence-electron chi connectivity index (χ3n) is 3.86. The van der Waals surface area contributed by atoms with Crippen LogP contribution in [0.4, 0.5) is 23.2 Å². The summed E-state index contributed by atoms with van der Waals surface area (Å²) in [7, 11) is 0. The smallest absolute Gasteiger partial charge is 0.365 e. The van der Waals surface area contributed by atoms with E-state index in [1.807, 2.05) is 0 Å². The number of carbonyl (C=O) groups excluding carboxylic acids is 1. The van der Waals surface area contributed by atoms with E-state index in [-0.39, 0.29) is 11.8 Å². The molecule has 1 unspecified atom stereocenters. The van der Waals surface area contributed by atoms with Crippen molar-refractivity contribution in [1.29, 1.82) is 0 Å². The molecule has 23 heavy (non-hydrogen) atoms. The summed E-state index contributed by atoms with van der Waals surface area (Å²) < 4.78 is 57.0. The maximum atomic E-state index is 13.2. The van der Waals surface area contributed by atoms with Crippen molar-refractivity contribution in [1.82, 2.24) is 0 Å². The van der Waals surface area contributed by atoms with E-state index in [9.17, 15) is 22.4 Å². The monoisotopic (exact) mass is 333 g/mol. The summed E-state index contributed by atoms with van der Waals surface area (Å²) >= 11 is 0. The third-order valence-corrected chi connectivity index (χ3v) is 3.86. The van der Waals surface area contributed by atoms with Crippen LogP contribution in [0, 0.1) is 5.82 Å². The molecular weight excluding hydrogens is 314 g/mol. The number of anilines is 1.